The molecule has 0 aromatic carbocycles. The fourth-order valence-corrected chi connectivity index (χ4v) is 5.37. The Hall–Kier alpha value is -1.86. The van der Waals surface area contributed by atoms with Crippen LogP contribution in [-0.4, -0.2) is 69.7 Å². The Morgan fingerprint density at radius 3 is 2.56 bits per heavy atom. The summed E-state index contributed by atoms with van der Waals surface area (Å²) >= 11 is 0. The second-order valence-corrected chi connectivity index (χ2v) is 9.89. The third kappa shape index (κ3) is 4.34. The molecule has 7 N–H and O–H groups in total. The minimum Gasteiger partial charge on any atom is -0.388 e. The number of anilines is 1. The molecule has 180 valence electrons. The molecule has 0 aliphatic carbocycles. The Bertz CT molecular complexity index is 999. The molecule has 1 aliphatic heterocycles. The fraction of sp³-hybridized carbons (Fsp3) is 0.722. The zero-order chi connectivity index (χ0) is 23.8. The number of hydrogen-bond donors (Lipinski definition) is 6. The minimum atomic E-state index is -4.35. The first-order valence-corrected chi connectivity index (χ1v) is 12.1. The van der Waals surface area contributed by atoms with Crippen LogP contribution in [0.3, 0.4) is 0 Å². The number of aromatic nitrogens is 4. The van der Waals surface area contributed by atoms with Crippen LogP contribution in [0.4, 0.5) is 5.82 Å². The van der Waals surface area contributed by atoms with Crippen LogP contribution in [-0.2, 0) is 13.8 Å². The van der Waals surface area contributed by atoms with E-state index in [-0.39, 0.29) is 29.8 Å². The number of ether oxygens (including phenoxy) is 1. The highest BCUT2D eigenvalue weighted by Gasteiger charge is 2.49. The molecular weight excluding hydrogens is 445 g/mol. The molecule has 3 rings (SSSR count). The lowest BCUT2D eigenvalue weighted by atomic mass is 9.88. The zero-order valence-electron chi connectivity index (χ0n) is 18.1. The van der Waals surface area contributed by atoms with Gasteiger partial charge in [-0.2, -0.15) is 0 Å². The van der Waals surface area contributed by atoms with Crippen molar-refractivity contribution in [3.8, 4) is 0 Å². The van der Waals surface area contributed by atoms with Gasteiger partial charge in [-0.3, -0.25) is 9.13 Å². The van der Waals surface area contributed by atoms with Crippen LogP contribution in [0.5, 0.6) is 0 Å². The average Bonchev–Trinajstić information content (AvgIpc) is 3.31. The zero-order valence-corrected chi connectivity index (χ0v) is 19.0. The molecule has 14 heteroatoms. The van der Waals surface area contributed by atoms with Crippen LogP contribution in [0.2, 0.25) is 0 Å². The van der Waals surface area contributed by atoms with E-state index >= 15 is 0 Å². The first-order chi connectivity index (χ1) is 15.0. The third-order valence-electron chi connectivity index (χ3n) is 6.09. The molecule has 3 heterocycles. The van der Waals surface area contributed by atoms with Crippen molar-refractivity contribution in [2.75, 3.05) is 5.73 Å². The van der Waals surface area contributed by atoms with Crippen LogP contribution in [0, 0.1) is 0 Å². The van der Waals surface area contributed by atoms with Gasteiger partial charge in [-0.05, 0) is 19.3 Å². The van der Waals surface area contributed by atoms with Gasteiger partial charge in [0, 0.05) is 6.42 Å². The van der Waals surface area contributed by atoms with Gasteiger partial charge < -0.3 is 40.4 Å². The van der Waals surface area contributed by atoms with Crippen LogP contribution in [0.1, 0.15) is 52.7 Å². The largest absolute Gasteiger partial charge is 0.388 e. The molecule has 0 spiro atoms. The van der Waals surface area contributed by atoms with Crippen molar-refractivity contribution in [2.24, 2.45) is 0 Å². The van der Waals surface area contributed by atoms with Crippen molar-refractivity contribution in [1.29, 1.82) is 0 Å². The van der Waals surface area contributed by atoms with Gasteiger partial charge in [0.05, 0.1) is 11.7 Å². The minimum absolute atomic E-state index is 0.00541. The number of aliphatic hydroxyl groups is 3. The highest BCUT2D eigenvalue weighted by molar-refractivity contribution is 7.53. The predicted molar refractivity (Wildman–Crippen MR) is 110 cm³/mol. The molecule has 0 radical (unpaired) electrons. The molecule has 13 nitrogen and oxygen atoms in total. The van der Waals surface area contributed by atoms with E-state index in [4.69, 9.17) is 15.0 Å². The molecule has 32 heavy (non-hydrogen) atoms. The molecule has 2 unspecified atom stereocenters. The normalized spacial score (nSPS) is 27.0. The van der Waals surface area contributed by atoms with Crippen LogP contribution < -0.4 is 10.5 Å². The number of nitrogens with two attached hydrogens (primary N) is 1. The van der Waals surface area contributed by atoms with E-state index < -0.39 is 43.6 Å². The maximum absolute atomic E-state index is 12.5. The van der Waals surface area contributed by atoms with Crippen molar-refractivity contribution in [1.82, 2.24) is 14.5 Å². The maximum atomic E-state index is 12.5. The summed E-state index contributed by atoms with van der Waals surface area (Å²) < 4.78 is 26.0. The molecule has 1 fully saturated rings. The van der Waals surface area contributed by atoms with E-state index in [9.17, 15) is 30.0 Å². The second kappa shape index (κ2) is 9.18. The molecule has 0 saturated carbocycles. The lowest BCUT2D eigenvalue weighted by Crippen LogP contribution is -2.40. The molecule has 2 aromatic rings. The second-order valence-electron chi connectivity index (χ2n) is 7.98. The van der Waals surface area contributed by atoms with Gasteiger partial charge in [0.25, 0.3) is 12.1 Å². The molecule has 0 amide bonds. The summed E-state index contributed by atoms with van der Waals surface area (Å²) in [6, 6.07) is 0. The van der Waals surface area contributed by atoms with Crippen molar-refractivity contribution >= 4 is 24.6 Å². The smallest absolute Gasteiger partial charge is 0.356 e. The Balaban J connectivity index is 1.87. The van der Waals surface area contributed by atoms with Crippen molar-refractivity contribution < 1.29 is 44.0 Å². The number of fused-ring (bicyclic) bond motifs is 1. The van der Waals surface area contributed by atoms with Gasteiger partial charge in [-0.25, -0.2) is 4.98 Å². The monoisotopic (exact) mass is 476 g/mol. The number of nitrogens with zero attached hydrogens (tertiary/aromatic N) is 4. The van der Waals surface area contributed by atoms with Crippen molar-refractivity contribution in [3.05, 3.63) is 12.7 Å². The fourth-order valence-electron chi connectivity index (χ4n) is 3.90. The van der Waals surface area contributed by atoms with Crippen LogP contribution in [0.25, 0.3) is 11.2 Å². The molecule has 1 saturated heterocycles. The summed E-state index contributed by atoms with van der Waals surface area (Å²) in [5.41, 5.74) is 5.02. The molecule has 2 aromatic heterocycles. The van der Waals surface area contributed by atoms with Gasteiger partial charge in [-0.15, -0.1) is 0 Å². The van der Waals surface area contributed by atoms with Crippen LogP contribution in [0.15, 0.2) is 12.7 Å². The van der Waals surface area contributed by atoms with E-state index in [1.54, 1.807) is 20.8 Å². The van der Waals surface area contributed by atoms with E-state index in [1.807, 2.05) is 0 Å². The summed E-state index contributed by atoms with van der Waals surface area (Å²) in [5, 5.41) is 40.9. The summed E-state index contributed by atoms with van der Waals surface area (Å²) in [6.45, 7) is 5.09. The highest BCUT2D eigenvalue weighted by Crippen LogP contribution is 2.54. The lowest BCUT2D eigenvalue weighted by Gasteiger charge is -2.37. The summed E-state index contributed by atoms with van der Waals surface area (Å²) in [4.78, 5) is 18.4. The maximum Gasteiger partial charge on any atom is 0.356 e. The Kier molecular flexibility index (Phi) is 7.11. The number of hydrogen-bond acceptors (Lipinski definition) is 10. The first-order valence-electron chi connectivity index (χ1n) is 10.4. The van der Waals surface area contributed by atoms with E-state index in [1.165, 1.54) is 10.9 Å². The third-order valence-corrected chi connectivity index (χ3v) is 7.85. The molecular formula is C18H31N5O8P+. The SMILES string of the molecule is CCC(O)P(=O)(O)OC(CC)(CC)C[C@H]1O[C@@H](n2cnc3c(N)[n+](O)cnc32)[C@H](O)[C@@H]1O. The summed E-state index contributed by atoms with van der Waals surface area (Å²) in [5.74, 6) is -1.59. The Labute approximate surface area is 184 Å². The van der Waals surface area contributed by atoms with Gasteiger partial charge >= 0.3 is 7.60 Å². The average molecular weight is 476 g/mol. The molecule has 0 bridgehead atoms. The van der Waals surface area contributed by atoms with E-state index in [0.29, 0.717) is 17.6 Å². The number of aliphatic hydroxyl groups excluding tert-OH is 3. The predicted octanol–water partition coefficient (Wildman–Crippen LogP) is 0.0368. The highest BCUT2D eigenvalue weighted by atomic mass is 31.2. The molecule has 1 aliphatic rings. The summed E-state index contributed by atoms with van der Waals surface area (Å²) in [7, 11) is -4.35. The standard InChI is InChI=1S/C18H30N5O8P/c1-4-11(24)32(28,29)31-18(5-2,6-3)7-10-13(25)14(26)17(30-10)22-8-20-12-15(19)23(27)9-21-16(12)22/h8-11,13-14,17,19,24-27H,4-7H2,1-3H3,(H,28,29)/p+1/t10-,11?,13-,14-,17-/m1/s1. The number of imidazole rings is 1. The van der Waals surface area contributed by atoms with Gasteiger partial charge in [0.2, 0.25) is 11.2 Å². The van der Waals surface area contributed by atoms with Crippen molar-refractivity contribution in [3.63, 3.8) is 0 Å². The number of rotatable bonds is 9. The lowest BCUT2D eigenvalue weighted by molar-refractivity contribution is -0.894. The van der Waals surface area contributed by atoms with Crippen LogP contribution >= 0.6 is 7.60 Å². The Morgan fingerprint density at radius 1 is 1.31 bits per heavy atom. The van der Waals surface area contributed by atoms with Crippen molar-refractivity contribution in [2.45, 2.75) is 82.4 Å². The van der Waals surface area contributed by atoms with Gasteiger partial charge in [-0.1, -0.05) is 30.5 Å². The molecule has 6 atom stereocenters. The van der Waals surface area contributed by atoms with Gasteiger partial charge in [0.1, 0.15) is 18.5 Å². The topological polar surface area (TPSA) is 197 Å². The number of nitrogen functional groups attached to an aromatic ring is 1. The quantitative estimate of drug-likeness (QED) is 0.162. The van der Waals surface area contributed by atoms with Gasteiger partial charge in [0.15, 0.2) is 12.1 Å². The summed E-state index contributed by atoms with van der Waals surface area (Å²) in [6.07, 6.45) is -1.69. The van der Waals surface area contributed by atoms with E-state index in [0.717, 1.165) is 6.33 Å². The first kappa shape index (κ1) is 24.8. The Morgan fingerprint density at radius 2 is 1.97 bits per heavy atom. The van der Waals surface area contributed by atoms with E-state index in [2.05, 4.69) is 9.97 Å².